The van der Waals surface area contributed by atoms with Gasteiger partial charge in [0.25, 0.3) is 0 Å². The summed E-state index contributed by atoms with van der Waals surface area (Å²) < 4.78 is 11.0. The van der Waals surface area contributed by atoms with Crippen LogP contribution in [0.4, 0.5) is 0 Å². The minimum absolute atomic E-state index is 0.270. The van der Waals surface area contributed by atoms with Crippen LogP contribution in [-0.4, -0.2) is 62.4 Å². The lowest BCUT2D eigenvalue weighted by Gasteiger charge is -2.17. The van der Waals surface area contributed by atoms with Gasteiger partial charge in [-0.25, -0.2) is 9.59 Å². The number of unbranched alkanes of at least 4 members (excludes halogenated alkanes) is 24. The fourth-order valence-corrected chi connectivity index (χ4v) is 6.17. The van der Waals surface area contributed by atoms with Crippen LogP contribution in [0.15, 0.2) is 24.3 Å². The molecule has 0 bridgehead atoms. The second kappa shape index (κ2) is 32.3. The van der Waals surface area contributed by atoms with Crippen LogP contribution in [0.5, 0.6) is 0 Å². The maximum Gasteiger partial charge on any atom is 0.339 e. The van der Waals surface area contributed by atoms with Crippen molar-refractivity contribution in [3.8, 4) is 0 Å². The van der Waals surface area contributed by atoms with Crippen molar-refractivity contribution in [2.45, 2.75) is 181 Å². The molecule has 1 aromatic rings. The number of rotatable bonds is 34. The summed E-state index contributed by atoms with van der Waals surface area (Å²) >= 11 is 0. The van der Waals surface area contributed by atoms with Crippen molar-refractivity contribution in [2.24, 2.45) is 0 Å². The minimum Gasteiger partial charge on any atom is -0.446 e. The molecule has 0 unspecified atom stereocenters. The lowest BCUT2D eigenvalue weighted by molar-refractivity contribution is 0.0258. The summed E-state index contributed by atoms with van der Waals surface area (Å²) in [6.07, 6.45) is 34.9. The molecule has 0 amide bonds. The average molecular weight is 673 g/mol. The summed E-state index contributed by atoms with van der Waals surface area (Å²) in [7, 11) is 3.98. The van der Waals surface area contributed by atoms with Gasteiger partial charge in [-0.1, -0.05) is 168 Å². The van der Waals surface area contributed by atoms with Gasteiger partial charge < -0.3 is 9.47 Å². The second-order valence-electron chi connectivity index (χ2n) is 14.3. The van der Waals surface area contributed by atoms with Crippen molar-refractivity contribution < 1.29 is 19.1 Å². The van der Waals surface area contributed by atoms with Crippen molar-refractivity contribution in [2.75, 3.05) is 40.6 Å². The Morgan fingerprint density at radius 3 is 0.896 bits per heavy atom. The monoisotopic (exact) mass is 673 g/mol. The molecule has 0 spiro atoms. The maximum absolute atomic E-state index is 12.5. The Bertz CT molecular complexity index is 804. The summed E-state index contributed by atoms with van der Waals surface area (Å²) in [5, 5.41) is 0. The molecule has 1 rings (SSSR count). The van der Waals surface area contributed by atoms with Gasteiger partial charge >= 0.3 is 11.9 Å². The highest BCUT2D eigenvalue weighted by molar-refractivity contribution is 5.93. The largest absolute Gasteiger partial charge is 0.446 e. The summed E-state index contributed by atoms with van der Waals surface area (Å²) in [6.45, 7) is 6.93. The Hall–Kier alpha value is -1.92. The molecule has 48 heavy (non-hydrogen) atoms. The van der Waals surface area contributed by atoms with Crippen LogP contribution in [0.25, 0.3) is 0 Å². The topological polar surface area (TPSA) is 59.1 Å². The lowest BCUT2D eigenvalue weighted by atomic mass is 10.0. The molecule has 0 aliphatic rings. The molecule has 0 aliphatic heterocycles. The van der Waals surface area contributed by atoms with Crippen LogP contribution in [0.3, 0.4) is 0 Å². The third-order valence-corrected chi connectivity index (χ3v) is 9.48. The van der Waals surface area contributed by atoms with Crippen molar-refractivity contribution in [1.29, 1.82) is 0 Å². The van der Waals surface area contributed by atoms with E-state index in [1.54, 1.807) is 24.3 Å². The molecule has 0 aromatic heterocycles. The number of esters is 2. The molecule has 0 radical (unpaired) electrons. The van der Waals surface area contributed by atoms with E-state index >= 15 is 0 Å². The molecule has 278 valence electrons. The average Bonchev–Trinajstić information content (AvgIpc) is 3.10. The quantitative estimate of drug-likeness (QED) is 0.0412. The highest BCUT2D eigenvalue weighted by Gasteiger charge is 2.13. The Kier molecular flexibility index (Phi) is 29.7. The molecule has 0 fully saturated rings. The fraction of sp³-hybridized carbons (Fsp3) is 0.810. The molecule has 6 heteroatoms. The molecular formula is C42H76N2O4. The van der Waals surface area contributed by atoms with E-state index in [1.807, 2.05) is 14.1 Å². The SMILES string of the molecule is CCCCCCCCCCCCCCCN(C)COC(=O)c1ccc(C(=O)OCN(C)CCCCCCCCCCCCCCC)cc1. The van der Waals surface area contributed by atoms with E-state index in [2.05, 4.69) is 23.6 Å². The Morgan fingerprint density at radius 1 is 0.417 bits per heavy atom. The number of nitrogens with zero attached hydrogens (tertiary/aromatic N) is 2. The smallest absolute Gasteiger partial charge is 0.339 e. The first-order valence-corrected chi connectivity index (χ1v) is 20.3. The fourth-order valence-electron chi connectivity index (χ4n) is 6.17. The predicted molar refractivity (Wildman–Crippen MR) is 204 cm³/mol. The number of hydrogen-bond donors (Lipinski definition) is 0. The minimum atomic E-state index is -0.371. The van der Waals surface area contributed by atoms with Crippen LogP contribution >= 0.6 is 0 Å². The summed E-state index contributed by atoms with van der Waals surface area (Å²) in [5.74, 6) is -0.741. The van der Waals surface area contributed by atoms with E-state index < -0.39 is 0 Å². The number of hydrogen-bond acceptors (Lipinski definition) is 6. The molecule has 0 saturated heterocycles. The van der Waals surface area contributed by atoms with Crippen molar-refractivity contribution in [3.05, 3.63) is 35.4 Å². The second-order valence-corrected chi connectivity index (χ2v) is 14.3. The summed E-state index contributed by atoms with van der Waals surface area (Å²) in [5.41, 5.74) is 0.890. The standard InChI is InChI=1S/C42H76N2O4/c1-5-7-9-11-13-15-17-19-21-23-25-27-29-35-43(3)37-47-41(45)39-31-33-40(34-32-39)42(46)48-38-44(4)36-30-28-26-24-22-20-18-16-14-12-10-8-6-2/h31-34H,5-30,35-38H2,1-4H3. The molecule has 0 N–H and O–H groups in total. The van der Waals surface area contributed by atoms with Gasteiger partial charge in [0, 0.05) is 13.1 Å². The molecule has 6 nitrogen and oxygen atoms in total. The molecule has 1 aromatic carbocycles. The van der Waals surface area contributed by atoms with Crippen molar-refractivity contribution in [3.63, 3.8) is 0 Å². The third-order valence-electron chi connectivity index (χ3n) is 9.48. The maximum atomic E-state index is 12.5. The molecular weight excluding hydrogens is 596 g/mol. The van der Waals surface area contributed by atoms with Gasteiger partial charge in [0.1, 0.15) is 13.5 Å². The molecule has 0 aliphatic carbocycles. The van der Waals surface area contributed by atoms with Gasteiger partial charge in [-0.3, -0.25) is 9.80 Å². The van der Waals surface area contributed by atoms with E-state index in [4.69, 9.17) is 9.47 Å². The normalized spacial score (nSPS) is 11.5. The summed E-state index contributed by atoms with van der Waals surface area (Å²) in [6, 6.07) is 6.57. The number of ether oxygens (including phenoxy) is 2. The van der Waals surface area contributed by atoms with Crippen LogP contribution in [0.1, 0.15) is 202 Å². The number of carbonyl (C=O) groups excluding carboxylic acids is 2. The summed E-state index contributed by atoms with van der Waals surface area (Å²) in [4.78, 5) is 29.2. The van der Waals surface area contributed by atoms with E-state index in [0.717, 1.165) is 25.9 Å². The van der Waals surface area contributed by atoms with Gasteiger partial charge in [-0.15, -0.1) is 0 Å². The third kappa shape index (κ3) is 26.0. The first kappa shape index (κ1) is 44.1. The first-order valence-electron chi connectivity index (χ1n) is 20.3. The number of carbonyl (C=O) groups is 2. The van der Waals surface area contributed by atoms with Crippen LogP contribution in [0.2, 0.25) is 0 Å². The lowest BCUT2D eigenvalue weighted by Crippen LogP contribution is -2.25. The van der Waals surface area contributed by atoms with Gasteiger partial charge in [-0.05, 0) is 51.2 Å². The van der Waals surface area contributed by atoms with E-state index in [1.165, 1.54) is 154 Å². The van der Waals surface area contributed by atoms with E-state index in [0.29, 0.717) is 11.1 Å². The first-order chi connectivity index (χ1) is 23.5. The zero-order chi connectivity index (χ0) is 34.9. The number of benzene rings is 1. The van der Waals surface area contributed by atoms with Crippen LogP contribution in [-0.2, 0) is 9.47 Å². The Balaban J connectivity index is 2.04. The molecule has 0 atom stereocenters. The highest BCUT2D eigenvalue weighted by Crippen LogP contribution is 2.14. The highest BCUT2D eigenvalue weighted by atomic mass is 16.5. The van der Waals surface area contributed by atoms with Crippen molar-refractivity contribution >= 4 is 11.9 Å². The van der Waals surface area contributed by atoms with Crippen LogP contribution in [0, 0.1) is 0 Å². The zero-order valence-electron chi connectivity index (χ0n) is 32.1. The van der Waals surface area contributed by atoms with E-state index in [9.17, 15) is 9.59 Å². The van der Waals surface area contributed by atoms with Gasteiger partial charge in [0.05, 0.1) is 11.1 Å². The Labute approximate surface area is 297 Å². The molecule has 0 heterocycles. The predicted octanol–water partition coefficient (Wildman–Crippen LogP) is 12.0. The van der Waals surface area contributed by atoms with Gasteiger partial charge in [-0.2, -0.15) is 0 Å². The molecule has 0 saturated carbocycles. The van der Waals surface area contributed by atoms with Gasteiger partial charge in [0.2, 0.25) is 0 Å². The van der Waals surface area contributed by atoms with Crippen LogP contribution < -0.4 is 0 Å². The Morgan fingerprint density at radius 2 is 0.646 bits per heavy atom. The zero-order valence-corrected chi connectivity index (χ0v) is 32.1. The van der Waals surface area contributed by atoms with Gasteiger partial charge in [0.15, 0.2) is 0 Å². The van der Waals surface area contributed by atoms with E-state index in [-0.39, 0.29) is 25.4 Å². The van der Waals surface area contributed by atoms with Crippen molar-refractivity contribution in [1.82, 2.24) is 9.80 Å².